The van der Waals surface area contributed by atoms with Crippen molar-refractivity contribution in [3.05, 3.63) is 61.1 Å². The number of nitrogens with two attached hydrogens (primary N) is 1. The molecule has 0 bridgehead atoms. The van der Waals surface area contributed by atoms with Crippen molar-refractivity contribution in [2.45, 2.75) is 0 Å². The van der Waals surface area contributed by atoms with Gasteiger partial charge in [-0.25, -0.2) is 4.79 Å². The summed E-state index contributed by atoms with van der Waals surface area (Å²) < 4.78 is 5.41. The third kappa shape index (κ3) is 6.01. The molecule has 11 heteroatoms. The first-order valence-corrected chi connectivity index (χ1v) is 7.99. The molecule has 0 atom stereocenters. The first-order valence-electron chi connectivity index (χ1n) is 6.86. The highest BCUT2D eigenvalue weighted by Gasteiger charge is 2.21. The molecular formula is C15H13Cl3N2O6. The van der Waals surface area contributed by atoms with Crippen LogP contribution in [-0.2, 0) is 0 Å². The molecule has 0 radical (unpaired) electrons. The number of hydrogen-bond acceptors (Lipinski definition) is 6. The number of aromatic carboxylic acids is 1. The van der Waals surface area contributed by atoms with E-state index in [0.717, 1.165) is 12.1 Å². The van der Waals surface area contributed by atoms with Crippen LogP contribution in [0, 0.1) is 10.1 Å². The minimum atomic E-state index is -1.45. The molecule has 0 amide bonds. The maximum Gasteiger partial charge on any atom is 0.342 e. The summed E-state index contributed by atoms with van der Waals surface area (Å²) in [5, 5.41) is 28.1. The summed E-state index contributed by atoms with van der Waals surface area (Å²) >= 11 is 17.7. The van der Waals surface area contributed by atoms with E-state index in [0.29, 0.717) is 11.6 Å². The summed E-state index contributed by atoms with van der Waals surface area (Å²) in [6.07, 6.45) is 0. The number of nitrogens with zero attached hydrogens (tertiary/aromatic N) is 1. The molecule has 26 heavy (non-hydrogen) atoms. The van der Waals surface area contributed by atoms with Crippen molar-refractivity contribution < 1.29 is 24.7 Å². The second kappa shape index (κ2) is 10.1. The van der Waals surface area contributed by atoms with E-state index in [9.17, 15) is 14.9 Å². The van der Waals surface area contributed by atoms with Crippen molar-refractivity contribution in [1.29, 1.82) is 0 Å². The van der Waals surface area contributed by atoms with Crippen molar-refractivity contribution >= 4 is 46.5 Å². The molecule has 2 rings (SSSR count). The first kappa shape index (κ1) is 21.9. The maximum absolute atomic E-state index is 11.1. The van der Waals surface area contributed by atoms with E-state index in [1.165, 1.54) is 18.2 Å². The Morgan fingerprint density at radius 3 is 2.15 bits per heavy atom. The van der Waals surface area contributed by atoms with E-state index in [1.54, 1.807) is 0 Å². The summed E-state index contributed by atoms with van der Waals surface area (Å²) in [4.78, 5) is 21.1. The van der Waals surface area contributed by atoms with Crippen LogP contribution in [0.1, 0.15) is 10.4 Å². The average Bonchev–Trinajstić information content (AvgIpc) is 2.57. The second-order valence-corrected chi connectivity index (χ2v) is 5.80. The molecule has 2 aromatic rings. The van der Waals surface area contributed by atoms with Gasteiger partial charge in [0.1, 0.15) is 11.3 Å². The molecule has 2 aromatic carbocycles. The molecule has 0 spiro atoms. The second-order valence-electron chi connectivity index (χ2n) is 4.55. The van der Waals surface area contributed by atoms with Crippen LogP contribution in [0.5, 0.6) is 11.5 Å². The zero-order valence-corrected chi connectivity index (χ0v) is 15.3. The van der Waals surface area contributed by atoms with Crippen LogP contribution in [0.3, 0.4) is 0 Å². The Balaban J connectivity index is 0.000000765. The van der Waals surface area contributed by atoms with E-state index in [4.69, 9.17) is 55.5 Å². The summed E-state index contributed by atoms with van der Waals surface area (Å²) in [7, 11) is 0. The van der Waals surface area contributed by atoms with Crippen molar-refractivity contribution in [3.8, 4) is 11.5 Å². The van der Waals surface area contributed by atoms with Crippen LogP contribution in [0.25, 0.3) is 0 Å². The molecule has 140 valence electrons. The third-order valence-corrected chi connectivity index (χ3v) is 3.49. The largest absolute Gasteiger partial charge is 0.477 e. The number of nitro benzene ring substituents is 1. The van der Waals surface area contributed by atoms with Crippen molar-refractivity contribution in [2.24, 2.45) is 5.73 Å². The van der Waals surface area contributed by atoms with E-state index in [1.807, 2.05) is 0 Å². The fourth-order valence-corrected chi connectivity index (χ4v) is 2.55. The molecule has 0 aliphatic heterocycles. The number of aliphatic hydroxyl groups excluding tert-OH is 1. The van der Waals surface area contributed by atoms with Gasteiger partial charge in [0.25, 0.3) is 5.69 Å². The standard InChI is InChI=1S/C13H6Cl3NO5.C2H7NO/c14-6-3-9(15)12(10(16)4-6)22-7-1-2-11(17(20)21)8(5-7)13(18)19;3-1-2-4/h1-5H,(H,18,19);4H,1-3H2. The lowest BCUT2D eigenvalue weighted by Crippen LogP contribution is -2.03. The quantitative estimate of drug-likeness (QED) is 0.488. The summed E-state index contributed by atoms with van der Waals surface area (Å²) in [6, 6.07) is 6.08. The predicted octanol–water partition coefficient (Wildman–Crippen LogP) is 3.98. The van der Waals surface area contributed by atoms with E-state index in [2.05, 4.69) is 0 Å². The lowest BCUT2D eigenvalue weighted by molar-refractivity contribution is -0.385. The highest BCUT2D eigenvalue weighted by Crippen LogP contribution is 2.39. The first-order chi connectivity index (χ1) is 12.2. The minimum absolute atomic E-state index is 0.0362. The highest BCUT2D eigenvalue weighted by molar-refractivity contribution is 6.40. The zero-order chi connectivity index (χ0) is 19.9. The smallest absolute Gasteiger partial charge is 0.342 e. The van der Waals surface area contributed by atoms with E-state index < -0.39 is 22.1 Å². The molecule has 0 fully saturated rings. The van der Waals surface area contributed by atoms with Crippen LogP contribution in [0.4, 0.5) is 5.69 Å². The summed E-state index contributed by atoms with van der Waals surface area (Å²) in [5.74, 6) is -1.35. The summed E-state index contributed by atoms with van der Waals surface area (Å²) in [5.41, 5.74) is 3.72. The molecule has 0 saturated carbocycles. The number of carboxylic acids is 1. The Morgan fingerprint density at radius 1 is 1.19 bits per heavy atom. The van der Waals surface area contributed by atoms with Crippen LogP contribution in [-0.4, -0.2) is 34.3 Å². The SMILES string of the molecule is NCCO.O=C(O)c1cc(Oc2c(Cl)cc(Cl)cc2Cl)ccc1[N+](=O)[O-]. The number of rotatable bonds is 5. The average molecular weight is 424 g/mol. The van der Waals surface area contributed by atoms with Crippen LogP contribution in [0.15, 0.2) is 30.3 Å². The van der Waals surface area contributed by atoms with E-state index in [-0.39, 0.29) is 28.2 Å². The number of hydrogen-bond donors (Lipinski definition) is 3. The molecule has 0 aliphatic rings. The van der Waals surface area contributed by atoms with Crippen LogP contribution >= 0.6 is 34.8 Å². The predicted molar refractivity (Wildman–Crippen MR) is 97.7 cm³/mol. The Morgan fingerprint density at radius 2 is 1.73 bits per heavy atom. The lowest BCUT2D eigenvalue weighted by atomic mass is 10.1. The third-order valence-electron chi connectivity index (χ3n) is 2.71. The monoisotopic (exact) mass is 422 g/mol. The zero-order valence-electron chi connectivity index (χ0n) is 13.0. The Kier molecular flexibility index (Phi) is 8.56. The molecule has 0 aliphatic carbocycles. The highest BCUT2D eigenvalue weighted by atomic mass is 35.5. The Labute approximate surface area is 162 Å². The van der Waals surface area contributed by atoms with Gasteiger partial charge in [-0.05, 0) is 18.2 Å². The van der Waals surface area contributed by atoms with E-state index >= 15 is 0 Å². The molecule has 4 N–H and O–H groups in total. The molecule has 0 saturated heterocycles. The van der Waals surface area contributed by atoms with Gasteiger partial charge in [-0.2, -0.15) is 0 Å². The van der Waals surface area contributed by atoms with Gasteiger partial charge in [0.15, 0.2) is 5.75 Å². The fourth-order valence-electron chi connectivity index (χ4n) is 1.65. The number of nitro groups is 1. The van der Waals surface area contributed by atoms with Crippen molar-refractivity contribution in [2.75, 3.05) is 13.2 Å². The van der Waals surface area contributed by atoms with Gasteiger partial charge >= 0.3 is 5.97 Å². The number of carbonyl (C=O) groups is 1. The van der Waals surface area contributed by atoms with Crippen molar-refractivity contribution in [1.82, 2.24) is 0 Å². The number of carboxylic acid groups (broad SMARTS) is 1. The van der Waals surface area contributed by atoms with Gasteiger partial charge in [0.2, 0.25) is 0 Å². The molecule has 8 nitrogen and oxygen atoms in total. The van der Waals surface area contributed by atoms with Crippen molar-refractivity contribution in [3.63, 3.8) is 0 Å². The molecule has 0 unspecified atom stereocenters. The van der Waals surface area contributed by atoms with Gasteiger partial charge in [-0.3, -0.25) is 10.1 Å². The number of aliphatic hydroxyl groups is 1. The Hall–Kier alpha value is -2.10. The number of benzene rings is 2. The topological polar surface area (TPSA) is 136 Å². The lowest BCUT2D eigenvalue weighted by Gasteiger charge is -2.10. The normalized spacial score (nSPS) is 9.88. The van der Waals surface area contributed by atoms with Gasteiger partial charge in [-0.1, -0.05) is 34.8 Å². The number of ether oxygens (including phenoxy) is 1. The fraction of sp³-hybridized carbons (Fsp3) is 0.133. The van der Waals surface area contributed by atoms with Crippen LogP contribution in [0.2, 0.25) is 15.1 Å². The molecular weight excluding hydrogens is 411 g/mol. The number of halogens is 3. The Bertz CT molecular complexity index is 791. The van der Waals surface area contributed by atoms with Gasteiger partial charge in [0.05, 0.1) is 21.6 Å². The minimum Gasteiger partial charge on any atom is -0.477 e. The van der Waals surface area contributed by atoms with Gasteiger partial charge < -0.3 is 20.7 Å². The maximum atomic E-state index is 11.1. The van der Waals surface area contributed by atoms with Gasteiger partial charge in [-0.15, -0.1) is 0 Å². The molecule has 0 heterocycles. The van der Waals surface area contributed by atoms with Crippen LogP contribution < -0.4 is 10.5 Å². The van der Waals surface area contributed by atoms with Gasteiger partial charge in [0, 0.05) is 23.7 Å². The molecule has 0 aromatic heterocycles. The summed E-state index contributed by atoms with van der Waals surface area (Å²) in [6.45, 7) is 0.472.